The number of benzene rings is 1. The molecule has 0 aliphatic heterocycles. The number of nitrogens with zero attached hydrogens (tertiary/aromatic N) is 2. The Kier molecular flexibility index (Phi) is 3.90. The molecule has 2 rings (SSSR count). The molecule has 0 atom stereocenters. The molecule has 20 heavy (non-hydrogen) atoms. The van der Waals surface area contributed by atoms with Gasteiger partial charge < -0.3 is 5.43 Å². The lowest BCUT2D eigenvalue weighted by atomic mass is 10.1. The Labute approximate surface area is 114 Å². The molecular formula is C13H12F2N4O. The van der Waals surface area contributed by atoms with Crippen molar-refractivity contribution in [1.29, 1.82) is 0 Å². The number of halogens is 2. The van der Waals surface area contributed by atoms with Gasteiger partial charge >= 0.3 is 0 Å². The van der Waals surface area contributed by atoms with Crippen molar-refractivity contribution in [3.63, 3.8) is 0 Å². The molecule has 0 saturated carbocycles. The van der Waals surface area contributed by atoms with E-state index in [2.05, 4.69) is 4.98 Å². The van der Waals surface area contributed by atoms with Crippen molar-refractivity contribution in [2.75, 3.05) is 17.4 Å². The van der Waals surface area contributed by atoms with Gasteiger partial charge in [0, 0.05) is 18.8 Å². The quantitative estimate of drug-likeness (QED) is 0.664. The molecule has 1 aromatic carbocycles. The third kappa shape index (κ3) is 2.57. The second kappa shape index (κ2) is 5.62. The van der Waals surface area contributed by atoms with E-state index in [1.807, 2.05) is 5.43 Å². The van der Waals surface area contributed by atoms with Crippen molar-refractivity contribution in [1.82, 2.24) is 4.98 Å². The number of anilines is 2. The van der Waals surface area contributed by atoms with E-state index in [1.165, 1.54) is 18.1 Å². The zero-order valence-electron chi connectivity index (χ0n) is 10.6. The summed E-state index contributed by atoms with van der Waals surface area (Å²) < 4.78 is 27.1. The minimum absolute atomic E-state index is 0.132. The van der Waals surface area contributed by atoms with Crippen LogP contribution in [0.1, 0.15) is 10.4 Å². The smallest absolute Gasteiger partial charge is 0.259 e. The highest BCUT2D eigenvalue weighted by atomic mass is 19.1. The first-order chi connectivity index (χ1) is 9.54. The maximum atomic E-state index is 13.6. The SMILES string of the molecule is CN(C(=O)c1cc(F)c(NN)c(F)c1)c1ccccn1. The molecule has 7 heteroatoms. The van der Waals surface area contributed by atoms with Crippen LogP contribution >= 0.6 is 0 Å². The first-order valence-electron chi connectivity index (χ1n) is 5.69. The predicted octanol–water partition coefficient (Wildman–Crippen LogP) is 1.92. The molecule has 1 aromatic heterocycles. The summed E-state index contributed by atoms with van der Waals surface area (Å²) in [6.07, 6.45) is 1.52. The van der Waals surface area contributed by atoms with Crippen molar-refractivity contribution in [2.45, 2.75) is 0 Å². The van der Waals surface area contributed by atoms with Gasteiger partial charge in [0.15, 0.2) is 11.6 Å². The molecule has 0 radical (unpaired) electrons. The summed E-state index contributed by atoms with van der Waals surface area (Å²) in [6.45, 7) is 0. The second-order valence-corrected chi connectivity index (χ2v) is 4.01. The van der Waals surface area contributed by atoms with Gasteiger partial charge in [-0.15, -0.1) is 0 Å². The van der Waals surface area contributed by atoms with E-state index in [0.29, 0.717) is 5.82 Å². The number of hydrogen-bond donors (Lipinski definition) is 2. The maximum absolute atomic E-state index is 13.6. The average molecular weight is 278 g/mol. The van der Waals surface area contributed by atoms with Crippen LogP contribution in [0.4, 0.5) is 20.3 Å². The summed E-state index contributed by atoms with van der Waals surface area (Å²) in [7, 11) is 1.47. The molecule has 0 unspecified atom stereocenters. The van der Waals surface area contributed by atoms with E-state index in [4.69, 9.17) is 5.84 Å². The molecule has 0 spiro atoms. The zero-order valence-corrected chi connectivity index (χ0v) is 10.6. The lowest BCUT2D eigenvalue weighted by Gasteiger charge is -2.16. The van der Waals surface area contributed by atoms with Crippen LogP contribution in [0.5, 0.6) is 0 Å². The molecular weight excluding hydrogens is 266 g/mol. The van der Waals surface area contributed by atoms with Crippen LogP contribution in [0.2, 0.25) is 0 Å². The van der Waals surface area contributed by atoms with Crippen LogP contribution in [-0.2, 0) is 0 Å². The molecule has 0 saturated heterocycles. The van der Waals surface area contributed by atoms with Gasteiger partial charge in [-0.25, -0.2) is 13.8 Å². The number of pyridine rings is 1. The van der Waals surface area contributed by atoms with Crippen molar-refractivity contribution in [3.05, 3.63) is 53.7 Å². The van der Waals surface area contributed by atoms with Crippen molar-refractivity contribution in [3.8, 4) is 0 Å². The first kappa shape index (κ1) is 13.9. The van der Waals surface area contributed by atoms with Gasteiger partial charge in [0.2, 0.25) is 0 Å². The lowest BCUT2D eigenvalue weighted by molar-refractivity contribution is 0.0991. The van der Waals surface area contributed by atoms with Gasteiger partial charge in [0.1, 0.15) is 11.5 Å². The Morgan fingerprint density at radius 2 is 1.95 bits per heavy atom. The number of nitrogens with two attached hydrogens (primary N) is 1. The number of nitrogen functional groups attached to an aromatic ring is 1. The molecule has 1 heterocycles. The van der Waals surface area contributed by atoms with E-state index in [0.717, 1.165) is 12.1 Å². The maximum Gasteiger partial charge on any atom is 0.259 e. The highest BCUT2D eigenvalue weighted by Crippen LogP contribution is 2.21. The van der Waals surface area contributed by atoms with Crippen LogP contribution in [-0.4, -0.2) is 17.9 Å². The Morgan fingerprint density at radius 3 is 2.45 bits per heavy atom. The number of rotatable bonds is 3. The molecule has 0 bridgehead atoms. The zero-order chi connectivity index (χ0) is 14.7. The van der Waals surface area contributed by atoms with Gasteiger partial charge in [-0.05, 0) is 24.3 Å². The van der Waals surface area contributed by atoms with Crippen LogP contribution in [0.3, 0.4) is 0 Å². The predicted molar refractivity (Wildman–Crippen MR) is 71.1 cm³/mol. The third-order valence-electron chi connectivity index (χ3n) is 2.73. The largest absolute Gasteiger partial charge is 0.319 e. The summed E-state index contributed by atoms with van der Waals surface area (Å²) in [5.74, 6) is 2.91. The van der Waals surface area contributed by atoms with Gasteiger partial charge in [-0.1, -0.05) is 6.07 Å². The van der Waals surface area contributed by atoms with E-state index in [-0.39, 0.29) is 5.56 Å². The number of amides is 1. The summed E-state index contributed by atoms with van der Waals surface area (Å²) in [6, 6.07) is 6.85. The summed E-state index contributed by atoms with van der Waals surface area (Å²) >= 11 is 0. The molecule has 5 nitrogen and oxygen atoms in total. The summed E-state index contributed by atoms with van der Waals surface area (Å²) in [5.41, 5.74) is 1.29. The van der Waals surface area contributed by atoms with E-state index >= 15 is 0 Å². The number of hydrazine groups is 1. The van der Waals surface area contributed by atoms with E-state index < -0.39 is 23.2 Å². The van der Waals surface area contributed by atoms with Crippen LogP contribution in [0, 0.1) is 11.6 Å². The van der Waals surface area contributed by atoms with E-state index in [1.54, 1.807) is 18.2 Å². The Hall–Kier alpha value is -2.54. The molecule has 0 aliphatic rings. The fourth-order valence-electron chi connectivity index (χ4n) is 1.68. The fourth-order valence-corrected chi connectivity index (χ4v) is 1.68. The lowest BCUT2D eigenvalue weighted by Crippen LogP contribution is -2.27. The van der Waals surface area contributed by atoms with Crippen molar-refractivity contribution < 1.29 is 13.6 Å². The Balaban J connectivity index is 2.35. The summed E-state index contributed by atoms with van der Waals surface area (Å²) in [4.78, 5) is 17.3. The van der Waals surface area contributed by atoms with E-state index in [9.17, 15) is 13.6 Å². The molecule has 0 aliphatic carbocycles. The molecule has 3 N–H and O–H groups in total. The van der Waals surface area contributed by atoms with Gasteiger partial charge in [-0.3, -0.25) is 15.5 Å². The molecule has 2 aromatic rings. The standard InChI is InChI=1S/C13H12F2N4O/c1-19(11-4-2-3-5-17-11)13(20)8-6-9(14)12(18-16)10(15)7-8/h2-7,18H,16H2,1H3. The third-order valence-corrected chi connectivity index (χ3v) is 2.73. The normalized spacial score (nSPS) is 10.2. The highest BCUT2D eigenvalue weighted by Gasteiger charge is 2.18. The van der Waals surface area contributed by atoms with Crippen molar-refractivity contribution >= 4 is 17.4 Å². The van der Waals surface area contributed by atoms with Crippen LogP contribution < -0.4 is 16.2 Å². The van der Waals surface area contributed by atoms with Gasteiger partial charge in [0.05, 0.1) is 0 Å². The molecule has 0 fully saturated rings. The number of aromatic nitrogens is 1. The number of carbonyl (C=O) groups is 1. The average Bonchev–Trinajstić information content (AvgIpc) is 2.46. The number of hydrogen-bond acceptors (Lipinski definition) is 4. The topological polar surface area (TPSA) is 71.2 Å². The van der Waals surface area contributed by atoms with Gasteiger partial charge in [-0.2, -0.15) is 0 Å². The highest BCUT2D eigenvalue weighted by molar-refractivity contribution is 6.05. The second-order valence-electron chi connectivity index (χ2n) is 4.01. The summed E-state index contributed by atoms with van der Waals surface area (Å²) in [5, 5.41) is 0. The fraction of sp³-hybridized carbons (Fsp3) is 0.0769. The Morgan fingerprint density at radius 1 is 1.30 bits per heavy atom. The van der Waals surface area contributed by atoms with Gasteiger partial charge in [0.25, 0.3) is 5.91 Å². The molecule has 1 amide bonds. The minimum Gasteiger partial charge on any atom is -0.319 e. The monoisotopic (exact) mass is 278 g/mol. The number of nitrogens with one attached hydrogen (secondary N) is 1. The first-order valence-corrected chi connectivity index (χ1v) is 5.69. The number of carbonyl (C=O) groups excluding carboxylic acids is 1. The minimum atomic E-state index is -0.940. The van der Waals surface area contributed by atoms with Crippen LogP contribution in [0.15, 0.2) is 36.5 Å². The van der Waals surface area contributed by atoms with Crippen molar-refractivity contribution in [2.24, 2.45) is 5.84 Å². The Bertz CT molecular complexity index is 611. The molecule has 104 valence electrons. The van der Waals surface area contributed by atoms with Crippen LogP contribution in [0.25, 0.3) is 0 Å².